The number of rotatable bonds is 5. The minimum atomic E-state index is -0.414. The topological polar surface area (TPSA) is 79.8 Å². The Kier molecular flexibility index (Phi) is 4.33. The van der Waals surface area contributed by atoms with E-state index in [1.165, 1.54) is 11.8 Å². The minimum absolute atomic E-state index is 0.122. The highest BCUT2D eigenvalue weighted by molar-refractivity contribution is 8.15. The van der Waals surface area contributed by atoms with E-state index >= 15 is 0 Å². The zero-order valence-corrected chi connectivity index (χ0v) is 13.0. The van der Waals surface area contributed by atoms with Crippen molar-refractivity contribution in [2.45, 2.75) is 30.6 Å². The molecular formula is C15H17N3O3S. The van der Waals surface area contributed by atoms with Crippen LogP contribution >= 0.6 is 11.8 Å². The maximum atomic E-state index is 12.1. The standard InChI is InChI=1S/C15H17N3O3S/c1-21-11-4-2-3-10(7-11)16-13(19)8-12-14(20)18-15(22-12)17-9-5-6-9/h2-4,7,9,12H,5-6,8H2,1H3,(H,16,19)(H,17,18,20)/t12-/m0/s1. The van der Waals surface area contributed by atoms with Crippen LogP contribution in [0.5, 0.6) is 5.75 Å². The number of hydrogen-bond donors (Lipinski definition) is 2. The van der Waals surface area contributed by atoms with Gasteiger partial charge in [-0.1, -0.05) is 17.8 Å². The highest BCUT2D eigenvalue weighted by atomic mass is 32.2. The number of amidine groups is 1. The lowest BCUT2D eigenvalue weighted by Gasteiger charge is -2.08. The van der Waals surface area contributed by atoms with Gasteiger partial charge >= 0.3 is 0 Å². The summed E-state index contributed by atoms with van der Waals surface area (Å²) in [5.41, 5.74) is 0.652. The van der Waals surface area contributed by atoms with Crippen LogP contribution in [0.25, 0.3) is 0 Å². The fourth-order valence-electron chi connectivity index (χ4n) is 2.05. The number of thioether (sulfide) groups is 1. The van der Waals surface area contributed by atoms with E-state index in [9.17, 15) is 9.59 Å². The van der Waals surface area contributed by atoms with Gasteiger partial charge in [-0.25, -0.2) is 0 Å². The van der Waals surface area contributed by atoms with Crippen LogP contribution in [-0.4, -0.2) is 35.4 Å². The van der Waals surface area contributed by atoms with Gasteiger partial charge in [0.05, 0.1) is 13.2 Å². The Hall–Kier alpha value is -2.02. The van der Waals surface area contributed by atoms with Crippen molar-refractivity contribution in [1.82, 2.24) is 5.32 Å². The lowest BCUT2D eigenvalue weighted by Crippen LogP contribution is -2.28. The average molecular weight is 319 g/mol. The van der Waals surface area contributed by atoms with Gasteiger partial charge in [0, 0.05) is 18.2 Å². The summed E-state index contributed by atoms with van der Waals surface area (Å²) in [5, 5.41) is 5.75. The normalized spacial score (nSPS) is 22.5. The van der Waals surface area contributed by atoms with Gasteiger partial charge in [-0.15, -0.1) is 0 Å². The van der Waals surface area contributed by atoms with Crippen LogP contribution in [-0.2, 0) is 9.59 Å². The van der Waals surface area contributed by atoms with Crippen LogP contribution in [0, 0.1) is 0 Å². The predicted molar refractivity (Wildman–Crippen MR) is 86.2 cm³/mol. The minimum Gasteiger partial charge on any atom is -0.497 e. The highest BCUT2D eigenvalue weighted by Crippen LogP contribution is 2.29. The van der Waals surface area contributed by atoms with Crippen molar-refractivity contribution in [2.24, 2.45) is 4.99 Å². The molecular weight excluding hydrogens is 302 g/mol. The number of amides is 2. The van der Waals surface area contributed by atoms with E-state index in [1.807, 2.05) is 0 Å². The smallest absolute Gasteiger partial charge is 0.240 e. The first kappa shape index (κ1) is 14.9. The number of anilines is 1. The van der Waals surface area contributed by atoms with Crippen LogP contribution in [0.2, 0.25) is 0 Å². The monoisotopic (exact) mass is 319 g/mol. The van der Waals surface area contributed by atoms with Crippen molar-refractivity contribution in [3.8, 4) is 5.75 Å². The number of ether oxygens (including phenoxy) is 1. The molecule has 2 fully saturated rings. The summed E-state index contributed by atoms with van der Waals surface area (Å²) < 4.78 is 5.11. The quantitative estimate of drug-likeness (QED) is 0.867. The van der Waals surface area contributed by atoms with E-state index in [1.54, 1.807) is 31.4 Å². The molecule has 6 nitrogen and oxygen atoms in total. The molecule has 1 heterocycles. The van der Waals surface area contributed by atoms with Crippen molar-refractivity contribution in [3.63, 3.8) is 0 Å². The van der Waals surface area contributed by atoms with Crippen LogP contribution < -0.4 is 15.4 Å². The third-order valence-electron chi connectivity index (χ3n) is 3.35. The number of aliphatic imine (C=N–C) groups is 1. The summed E-state index contributed by atoms with van der Waals surface area (Å²) in [7, 11) is 1.57. The van der Waals surface area contributed by atoms with Crippen LogP contribution in [0.4, 0.5) is 5.69 Å². The summed E-state index contributed by atoms with van der Waals surface area (Å²) in [6.45, 7) is 0. The predicted octanol–water partition coefficient (Wildman–Crippen LogP) is 1.77. The van der Waals surface area contributed by atoms with Gasteiger partial charge in [0.25, 0.3) is 0 Å². The van der Waals surface area contributed by atoms with E-state index in [4.69, 9.17) is 4.74 Å². The Morgan fingerprint density at radius 1 is 1.50 bits per heavy atom. The Morgan fingerprint density at radius 2 is 2.32 bits per heavy atom. The molecule has 1 aromatic rings. The maximum absolute atomic E-state index is 12.1. The SMILES string of the molecule is COc1cccc(NC(=O)C[C@@H]2SC(=NC3CC3)NC2=O)c1. The van der Waals surface area contributed by atoms with E-state index < -0.39 is 5.25 Å². The van der Waals surface area contributed by atoms with Gasteiger partial charge < -0.3 is 15.4 Å². The van der Waals surface area contributed by atoms with Crippen LogP contribution in [0.1, 0.15) is 19.3 Å². The molecule has 0 spiro atoms. The number of nitrogens with one attached hydrogen (secondary N) is 2. The number of benzene rings is 1. The summed E-state index contributed by atoms with van der Waals surface area (Å²) in [4.78, 5) is 28.3. The number of methoxy groups -OCH3 is 1. The van der Waals surface area contributed by atoms with Crippen LogP contribution in [0.3, 0.4) is 0 Å². The molecule has 0 aromatic heterocycles. The molecule has 1 atom stereocenters. The van der Waals surface area contributed by atoms with E-state index in [2.05, 4.69) is 15.6 Å². The van der Waals surface area contributed by atoms with Gasteiger partial charge in [-0.05, 0) is 25.0 Å². The molecule has 22 heavy (non-hydrogen) atoms. The molecule has 2 N–H and O–H groups in total. The van der Waals surface area contributed by atoms with E-state index in [0.717, 1.165) is 12.8 Å². The van der Waals surface area contributed by atoms with E-state index in [-0.39, 0.29) is 18.2 Å². The van der Waals surface area contributed by atoms with Gasteiger partial charge in [0.2, 0.25) is 11.8 Å². The fourth-order valence-corrected chi connectivity index (χ4v) is 3.09. The average Bonchev–Trinajstić information content (AvgIpc) is 3.24. The van der Waals surface area contributed by atoms with E-state index in [0.29, 0.717) is 22.6 Å². The molecule has 0 bridgehead atoms. The van der Waals surface area contributed by atoms with Crippen molar-refractivity contribution >= 4 is 34.4 Å². The molecule has 7 heteroatoms. The molecule has 0 radical (unpaired) electrons. The maximum Gasteiger partial charge on any atom is 0.240 e. The highest BCUT2D eigenvalue weighted by Gasteiger charge is 2.33. The molecule has 2 aliphatic rings. The second-order valence-corrected chi connectivity index (χ2v) is 6.44. The first-order valence-electron chi connectivity index (χ1n) is 7.13. The molecule has 1 saturated heterocycles. The first-order chi connectivity index (χ1) is 10.6. The van der Waals surface area contributed by atoms with Gasteiger partial charge in [-0.2, -0.15) is 0 Å². The summed E-state index contributed by atoms with van der Waals surface area (Å²) >= 11 is 1.34. The largest absolute Gasteiger partial charge is 0.497 e. The van der Waals surface area contributed by atoms with Gasteiger partial charge in [-0.3, -0.25) is 14.6 Å². The molecule has 0 unspecified atom stereocenters. The number of carbonyl (C=O) groups excluding carboxylic acids is 2. The molecule has 1 aliphatic carbocycles. The Bertz CT molecular complexity index is 628. The second kappa shape index (κ2) is 6.39. The van der Waals surface area contributed by atoms with Crippen molar-refractivity contribution in [3.05, 3.63) is 24.3 Å². The molecule has 1 saturated carbocycles. The third-order valence-corrected chi connectivity index (χ3v) is 4.44. The molecule has 1 aromatic carbocycles. The zero-order valence-electron chi connectivity index (χ0n) is 12.2. The molecule has 1 aliphatic heterocycles. The zero-order chi connectivity index (χ0) is 15.5. The lowest BCUT2D eigenvalue weighted by molar-refractivity contribution is -0.122. The first-order valence-corrected chi connectivity index (χ1v) is 8.01. The number of carbonyl (C=O) groups is 2. The second-order valence-electron chi connectivity index (χ2n) is 5.25. The van der Waals surface area contributed by atoms with Crippen molar-refractivity contribution < 1.29 is 14.3 Å². The molecule has 2 amide bonds. The van der Waals surface area contributed by atoms with Gasteiger partial charge in [0.1, 0.15) is 11.0 Å². The number of hydrogen-bond acceptors (Lipinski definition) is 5. The number of nitrogens with zero attached hydrogens (tertiary/aromatic N) is 1. The van der Waals surface area contributed by atoms with Crippen molar-refractivity contribution in [2.75, 3.05) is 12.4 Å². The Balaban J connectivity index is 1.56. The summed E-state index contributed by atoms with van der Waals surface area (Å²) in [6, 6.07) is 7.47. The van der Waals surface area contributed by atoms with Gasteiger partial charge in [0.15, 0.2) is 5.17 Å². The Labute approximate surface area is 132 Å². The van der Waals surface area contributed by atoms with Crippen molar-refractivity contribution in [1.29, 1.82) is 0 Å². The summed E-state index contributed by atoms with van der Waals surface area (Å²) in [5.74, 6) is 0.323. The molecule has 116 valence electrons. The lowest BCUT2D eigenvalue weighted by atomic mass is 10.2. The van der Waals surface area contributed by atoms with Crippen LogP contribution in [0.15, 0.2) is 29.3 Å². The molecule has 3 rings (SSSR count). The summed E-state index contributed by atoms with van der Waals surface area (Å²) in [6.07, 6.45) is 2.29. The third kappa shape index (κ3) is 3.79. The Morgan fingerprint density at radius 3 is 3.05 bits per heavy atom. The fraction of sp³-hybridized carbons (Fsp3) is 0.400.